The first-order valence-electron chi connectivity index (χ1n) is 8.39. The Hall–Kier alpha value is -2.99. The molecule has 5 nitrogen and oxygen atoms in total. The van der Waals surface area contributed by atoms with Gasteiger partial charge in [-0.05, 0) is 48.2 Å². The molecule has 6 heteroatoms. The van der Waals surface area contributed by atoms with E-state index in [1.807, 2.05) is 65.4 Å². The van der Waals surface area contributed by atoms with Gasteiger partial charge < -0.3 is 5.32 Å². The fraction of sp³-hybridized carbons (Fsp3) is 0.150. The van der Waals surface area contributed by atoms with E-state index in [0.29, 0.717) is 13.0 Å². The largest absolute Gasteiger partial charge is 0.351 e. The number of hydrogen-bond acceptors (Lipinski definition) is 4. The van der Waals surface area contributed by atoms with Gasteiger partial charge >= 0.3 is 0 Å². The lowest BCUT2D eigenvalue weighted by atomic mass is 10.1. The number of nitrogens with one attached hydrogen (secondary N) is 1. The van der Waals surface area contributed by atoms with Crippen LogP contribution in [0.2, 0.25) is 0 Å². The molecule has 0 saturated carbocycles. The summed E-state index contributed by atoms with van der Waals surface area (Å²) in [4.78, 5) is 22.3. The first-order valence-corrected chi connectivity index (χ1v) is 9.27. The molecule has 0 aliphatic heterocycles. The molecular formula is C20H18N4OS. The standard InChI is InChI=1S/C20H18N4OS/c1-14-23-18-5-2-10-21-20(18)24(14)16-8-6-15(7-9-16)12-19(25)22-13-17-4-3-11-26-17/h2-11H,12-13H2,1H3,(H,22,25). The Morgan fingerprint density at radius 3 is 2.77 bits per heavy atom. The second kappa shape index (κ2) is 7.09. The predicted molar refractivity (Wildman–Crippen MR) is 103 cm³/mol. The van der Waals surface area contributed by atoms with Gasteiger partial charge in [0.2, 0.25) is 5.91 Å². The van der Waals surface area contributed by atoms with Crippen molar-refractivity contribution in [2.45, 2.75) is 19.9 Å². The molecule has 1 aromatic carbocycles. The predicted octanol–water partition coefficient (Wildman–Crippen LogP) is 3.65. The summed E-state index contributed by atoms with van der Waals surface area (Å²) in [6.45, 7) is 2.55. The quantitative estimate of drug-likeness (QED) is 0.589. The highest BCUT2D eigenvalue weighted by Crippen LogP contribution is 2.19. The number of benzene rings is 1. The zero-order chi connectivity index (χ0) is 17.9. The van der Waals surface area contributed by atoms with Crippen molar-refractivity contribution in [1.82, 2.24) is 19.9 Å². The summed E-state index contributed by atoms with van der Waals surface area (Å²) in [5.41, 5.74) is 3.69. The number of thiophene rings is 1. The molecule has 4 rings (SSSR count). The van der Waals surface area contributed by atoms with E-state index >= 15 is 0 Å². The maximum atomic E-state index is 12.1. The summed E-state index contributed by atoms with van der Waals surface area (Å²) in [5, 5.41) is 4.97. The number of aryl methyl sites for hydroxylation is 1. The first kappa shape index (κ1) is 16.5. The van der Waals surface area contributed by atoms with Crippen LogP contribution in [0.1, 0.15) is 16.3 Å². The van der Waals surface area contributed by atoms with Crippen molar-refractivity contribution in [1.29, 1.82) is 0 Å². The van der Waals surface area contributed by atoms with Gasteiger partial charge in [0.15, 0.2) is 5.65 Å². The summed E-state index contributed by atoms with van der Waals surface area (Å²) in [7, 11) is 0. The van der Waals surface area contributed by atoms with Crippen LogP contribution in [-0.2, 0) is 17.8 Å². The molecule has 3 aromatic heterocycles. The van der Waals surface area contributed by atoms with Crippen LogP contribution in [0.15, 0.2) is 60.1 Å². The van der Waals surface area contributed by atoms with Crippen LogP contribution in [0.3, 0.4) is 0 Å². The minimum Gasteiger partial charge on any atom is -0.351 e. The minimum atomic E-state index is 0.0251. The molecule has 0 saturated heterocycles. The van der Waals surface area contributed by atoms with Crippen LogP contribution in [0.5, 0.6) is 0 Å². The molecule has 0 aliphatic rings. The molecule has 0 unspecified atom stereocenters. The highest BCUT2D eigenvalue weighted by Gasteiger charge is 2.10. The molecule has 0 atom stereocenters. The Balaban J connectivity index is 1.48. The summed E-state index contributed by atoms with van der Waals surface area (Å²) in [5.74, 6) is 0.914. The zero-order valence-corrected chi connectivity index (χ0v) is 15.2. The molecule has 1 N–H and O–H groups in total. The lowest BCUT2D eigenvalue weighted by Gasteiger charge is -2.08. The van der Waals surface area contributed by atoms with E-state index in [4.69, 9.17) is 0 Å². The van der Waals surface area contributed by atoms with E-state index in [1.54, 1.807) is 17.5 Å². The molecule has 130 valence electrons. The van der Waals surface area contributed by atoms with Crippen LogP contribution >= 0.6 is 11.3 Å². The lowest BCUT2D eigenvalue weighted by Crippen LogP contribution is -2.24. The second-order valence-electron chi connectivity index (χ2n) is 6.04. The molecule has 1 amide bonds. The molecular weight excluding hydrogens is 344 g/mol. The number of hydrogen-bond donors (Lipinski definition) is 1. The van der Waals surface area contributed by atoms with Crippen LogP contribution in [0.25, 0.3) is 16.9 Å². The summed E-state index contributed by atoms with van der Waals surface area (Å²) in [6, 6.07) is 15.8. The highest BCUT2D eigenvalue weighted by molar-refractivity contribution is 7.09. The zero-order valence-electron chi connectivity index (χ0n) is 14.3. The van der Waals surface area contributed by atoms with E-state index in [-0.39, 0.29) is 5.91 Å². The lowest BCUT2D eigenvalue weighted by molar-refractivity contribution is -0.120. The van der Waals surface area contributed by atoms with Crippen LogP contribution in [0, 0.1) is 6.92 Å². The number of amides is 1. The van der Waals surface area contributed by atoms with Gasteiger partial charge in [-0.3, -0.25) is 9.36 Å². The normalized spacial score (nSPS) is 11.0. The van der Waals surface area contributed by atoms with Gasteiger partial charge in [-0.15, -0.1) is 11.3 Å². The Morgan fingerprint density at radius 1 is 1.15 bits per heavy atom. The van der Waals surface area contributed by atoms with Gasteiger partial charge in [0.1, 0.15) is 11.3 Å². The Morgan fingerprint density at radius 2 is 2.00 bits per heavy atom. The first-order chi connectivity index (χ1) is 12.7. The number of nitrogens with zero attached hydrogens (tertiary/aromatic N) is 3. The van der Waals surface area contributed by atoms with Gasteiger partial charge in [0, 0.05) is 16.8 Å². The Kier molecular flexibility index (Phi) is 4.50. The van der Waals surface area contributed by atoms with E-state index in [0.717, 1.165) is 33.1 Å². The third kappa shape index (κ3) is 3.36. The third-order valence-corrected chi connectivity index (χ3v) is 5.06. The molecule has 0 bridgehead atoms. The van der Waals surface area contributed by atoms with Crippen molar-refractivity contribution < 1.29 is 4.79 Å². The summed E-state index contributed by atoms with van der Waals surface area (Å²) < 4.78 is 2.02. The van der Waals surface area contributed by atoms with E-state index < -0.39 is 0 Å². The van der Waals surface area contributed by atoms with Crippen LogP contribution in [-0.4, -0.2) is 20.4 Å². The summed E-state index contributed by atoms with van der Waals surface area (Å²) >= 11 is 1.64. The Labute approximate surface area is 155 Å². The maximum absolute atomic E-state index is 12.1. The number of pyridine rings is 1. The van der Waals surface area contributed by atoms with Gasteiger partial charge in [-0.25, -0.2) is 9.97 Å². The maximum Gasteiger partial charge on any atom is 0.224 e. The molecule has 0 fully saturated rings. The molecule has 3 heterocycles. The van der Waals surface area contributed by atoms with Crippen molar-refractivity contribution in [3.63, 3.8) is 0 Å². The SMILES string of the molecule is Cc1nc2cccnc2n1-c1ccc(CC(=O)NCc2cccs2)cc1. The fourth-order valence-electron chi connectivity index (χ4n) is 2.94. The van der Waals surface area contributed by atoms with Gasteiger partial charge in [0.25, 0.3) is 0 Å². The topological polar surface area (TPSA) is 59.8 Å². The van der Waals surface area contributed by atoms with Gasteiger partial charge in [0.05, 0.1) is 13.0 Å². The molecule has 0 aliphatic carbocycles. The van der Waals surface area contributed by atoms with Crippen molar-refractivity contribution in [2.75, 3.05) is 0 Å². The van der Waals surface area contributed by atoms with Crippen molar-refractivity contribution in [3.05, 3.63) is 76.4 Å². The molecule has 0 spiro atoms. The molecule has 26 heavy (non-hydrogen) atoms. The number of rotatable bonds is 5. The van der Waals surface area contributed by atoms with Crippen molar-refractivity contribution in [2.24, 2.45) is 0 Å². The van der Waals surface area contributed by atoms with Crippen molar-refractivity contribution >= 4 is 28.4 Å². The third-order valence-electron chi connectivity index (χ3n) is 4.18. The smallest absolute Gasteiger partial charge is 0.224 e. The van der Waals surface area contributed by atoms with Crippen LogP contribution < -0.4 is 5.32 Å². The Bertz CT molecular complexity index is 1040. The number of carbonyl (C=O) groups is 1. The van der Waals surface area contributed by atoms with Crippen molar-refractivity contribution in [3.8, 4) is 5.69 Å². The second-order valence-corrected chi connectivity index (χ2v) is 7.07. The number of aromatic nitrogens is 3. The minimum absolute atomic E-state index is 0.0251. The highest BCUT2D eigenvalue weighted by atomic mass is 32.1. The number of imidazole rings is 1. The average molecular weight is 362 g/mol. The number of fused-ring (bicyclic) bond motifs is 1. The van der Waals surface area contributed by atoms with Gasteiger partial charge in [-0.2, -0.15) is 0 Å². The molecule has 4 aromatic rings. The van der Waals surface area contributed by atoms with E-state index in [2.05, 4.69) is 15.3 Å². The summed E-state index contributed by atoms with van der Waals surface area (Å²) in [6.07, 6.45) is 2.14. The number of carbonyl (C=O) groups excluding carboxylic acids is 1. The average Bonchev–Trinajstić information content (AvgIpc) is 3.27. The fourth-order valence-corrected chi connectivity index (χ4v) is 3.59. The van der Waals surface area contributed by atoms with Gasteiger partial charge in [-0.1, -0.05) is 18.2 Å². The molecule has 0 radical (unpaired) electrons. The van der Waals surface area contributed by atoms with Crippen LogP contribution in [0.4, 0.5) is 0 Å². The van der Waals surface area contributed by atoms with E-state index in [1.165, 1.54) is 0 Å². The van der Waals surface area contributed by atoms with E-state index in [9.17, 15) is 4.79 Å². The monoisotopic (exact) mass is 362 g/mol.